The zero-order valence-corrected chi connectivity index (χ0v) is 15.8. The van der Waals surface area contributed by atoms with Crippen molar-refractivity contribution < 1.29 is 4.79 Å². The molecule has 6 nitrogen and oxygen atoms in total. The molecule has 4 rings (SSSR count). The van der Waals surface area contributed by atoms with Crippen LogP contribution in [0.3, 0.4) is 0 Å². The predicted molar refractivity (Wildman–Crippen MR) is 108 cm³/mol. The second-order valence-corrected chi connectivity index (χ2v) is 7.38. The average Bonchev–Trinajstić information content (AvgIpc) is 3.17. The molecule has 142 valence electrons. The van der Waals surface area contributed by atoms with Gasteiger partial charge in [0.15, 0.2) is 0 Å². The minimum Gasteiger partial charge on any atom is -0.368 e. The van der Waals surface area contributed by atoms with Crippen molar-refractivity contribution in [3.05, 3.63) is 54.2 Å². The summed E-state index contributed by atoms with van der Waals surface area (Å²) in [6.45, 7) is 7.15. The summed E-state index contributed by atoms with van der Waals surface area (Å²) in [6.07, 6.45) is 2.78. The first-order valence-corrected chi connectivity index (χ1v) is 9.72. The molecule has 0 spiro atoms. The van der Waals surface area contributed by atoms with Gasteiger partial charge in [0.25, 0.3) is 0 Å². The van der Waals surface area contributed by atoms with E-state index in [1.165, 1.54) is 11.3 Å². The lowest BCUT2D eigenvalue weighted by atomic mass is 10.2. The predicted octanol–water partition coefficient (Wildman–Crippen LogP) is 2.50. The number of hydrogen-bond acceptors (Lipinski definition) is 4. The molecule has 2 aliphatic rings. The van der Waals surface area contributed by atoms with Crippen LogP contribution in [-0.4, -0.2) is 61.2 Å². The molecule has 2 amide bonds. The van der Waals surface area contributed by atoms with E-state index >= 15 is 0 Å². The van der Waals surface area contributed by atoms with Crippen molar-refractivity contribution in [3.8, 4) is 0 Å². The number of pyridine rings is 1. The molecule has 2 aromatic rings. The van der Waals surface area contributed by atoms with Crippen LogP contribution in [-0.2, 0) is 0 Å². The molecule has 0 bridgehead atoms. The summed E-state index contributed by atoms with van der Waals surface area (Å²) in [5.41, 5.74) is 2.52. The molecule has 27 heavy (non-hydrogen) atoms. The molecule has 1 aromatic carbocycles. The molecule has 6 heteroatoms. The Labute approximate surface area is 160 Å². The average molecular weight is 365 g/mol. The number of aryl methyl sites for hydroxylation is 1. The van der Waals surface area contributed by atoms with Gasteiger partial charge < -0.3 is 20.0 Å². The number of carbonyl (C=O) groups is 1. The number of hydrogen-bond donors (Lipinski definition) is 1. The van der Waals surface area contributed by atoms with Crippen LogP contribution in [0.4, 0.5) is 16.3 Å². The van der Waals surface area contributed by atoms with Gasteiger partial charge in [-0.05, 0) is 43.2 Å². The van der Waals surface area contributed by atoms with Crippen molar-refractivity contribution in [1.29, 1.82) is 0 Å². The molecular weight excluding hydrogens is 338 g/mol. The lowest BCUT2D eigenvalue weighted by Gasteiger charge is -2.36. The van der Waals surface area contributed by atoms with Crippen molar-refractivity contribution in [1.82, 2.24) is 15.2 Å². The van der Waals surface area contributed by atoms with Crippen LogP contribution in [0.15, 0.2) is 48.7 Å². The number of rotatable bonds is 3. The number of nitrogens with zero attached hydrogens (tertiary/aromatic N) is 4. The molecule has 3 heterocycles. The van der Waals surface area contributed by atoms with E-state index in [-0.39, 0.29) is 12.1 Å². The molecule has 2 aliphatic heterocycles. The minimum absolute atomic E-state index is 0.0618. The minimum atomic E-state index is 0.0618. The Morgan fingerprint density at radius 3 is 2.63 bits per heavy atom. The van der Waals surface area contributed by atoms with Crippen molar-refractivity contribution >= 4 is 17.5 Å². The molecule has 0 aliphatic carbocycles. The largest absolute Gasteiger partial charge is 0.368 e. The van der Waals surface area contributed by atoms with Crippen LogP contribution in [0.5, 0.6) is 0 Å². The molecule has 2 fully saturated rings. The lowest BCUT2D eigenvalue weighted by Crippen LogP contribution is -2.53. The van der Waals surface area contributed by atoms with Gasteiger partial charge in [0.2, 0.25) is 0 Å². The smallest absolute Gasteiger partial charge is 0.317 e. The van der Waals surface area contributed by atoms with E-state index in [0.29, 0.717) is 0 Å². The molecule has 1 unspecified atom stereocenters. The quantitative estimate of drug-likeness (QED) is 0.908. The molecule has 1 N–H and O–H groups in total. The number of nitrogens with one attached hydrogen (secondary N) is 1. The van der Waals surface area contributed by atoms with Crippen molar-refractivity contribution in [2.45, 2.75) is 19.4 Å². The summed E-state index contributed by atoms with van der Waals surface area (Å²) >= 11 is 0. The highest BCUT2D eigenvalue weighted by molar-refractivity contribution is 5.75. The van der Waals surface area contributed by atoms with E-state index < -0.39 is 0 Å². The summed E-state index contributed by atoms with van der Waals surface area (Å²) in [7, 11) is 0. The second-order valence-electron chi connectivity index (χ2n) is 7.38. The lowest BCUT2D eigenvalue weighted by molar-refractivity contribution is 0.191. The van der Waals surface area contributed by atoms with Crippen LogP contribution < -0.4 is 15.1 Å². The van der Waals surface area contributed by atoms with E-state index in [4.69, 9.17) is 0 Å². The number of aromatic nitrogens is 1. The van der Waals surface area contributed by atoms with Gasteiger partial charge >= 0.3 is 6.03 Å². The summed E-state index contributed by atoms with van der Waals surface area (Å²) in [4.78, 5) is 23.6. The van der Waals surface area contributed by atoms with E-state index in [0.717, 1.165) is 51.5 Å². The van der Waals surface area contributed by atoms with Crippen molar-refractivity contribution in [2.75, 3.05) is 49.1 Å². The van der Waals surface area contributed by atoms with Gasteiger partial charge in [0.05, 0.1) is 0 Å². The van der Waals surface area contributed by atoms with Gasteiger partial charge in [-0.25, -0.2) is 9.78 Å². The van der Waals surface area contributed by atoms with Gasteiger partial charge in [0.1, 0.15) is 5.82 Å². The van der Waals surface area contributed by atoms with Crippen LogP contribution in [0, 0.1) is 6.92 Å². The summed E-state index contributed by atoms with van der Waals surface area (Å²) in [5, 5.41) is 3.21. The normalized spacial score (nSPS) is 20.0. The maximum absolute atomic E-state index is 12.7. The van der Waals surface area contributed by atoms with E-state index in [1.54, 1.807) is 0 Å². The number of benzene rings is 1. The Kier molecular flexibility index (Phi) is 5.14. The maximum Gasteiger partial charge on any atom is 0.317 e. The fraction of sp³-hybridized carbons (Fsp3) is 0.429. The molecule has 2 saturated heterocycles. The second kappa shape index (κ2) is 7.86. The highest BCUT2D eigenvalue weighted by Gasteiger charge is 2.28. The Morgan fingerprint density at radius 2 is 1.89 bits per heavy atom. The molecule has 1 aromatic heterocycles. The van der Waals surface area contributed by atoms with Crippen LogP contribution >= 0.6 is 0 Å². The van der Waals surface area contributed by atoms with Gasteiger partial charge in [-0.2, -0.15) is 0 Å². The molecular formula is C21H27N5O. The number of carbonyl (C=O) groups excluding carboxylic acids is 1. The summed E-state index contributed by atoms with van der Waals surface area (Å²) in [5.74, 6) is 0.987. The van der Waals surface area contributed by atoms with E-state index in [9.17, 15) is 4.79 Å². The zero-order chi connectivity index (χ0) is 18.6. The summed E-state index contributed by atoms with van der Waals surface area (Å²) < 4.78 is 0. The Bertz CT molecular complexity index is 773. The van der Waals surface area contributed by atoms with Crippen LogP contribution in [0.25, 0.3) is 0 Å². The van der Waals surface area contributed by atoms with Gasteiger partial charge in [-0.1, -0.05) is 18.2 Å². The highest BCUT2D eigenvalue weighted by atomic mass is 16.2. The fourth-order valence-electron chi connectivity index (χ4n) is 3.89. The van der Waals surface area contributed by atoms with Gasteiger partial charge in [0, 0.05) is 57.2 Å². The first kappa shape index (κ1) is 17.6. The van der Waals surface area contributed by atoms with E-state index in [1.807, 2.05) is 29.3 Å². The third-order valence-electron chi connectivity index (χ3n) is 5.42. The molecule has 0 saturated carbocycles. The number of amides is 2. The molecule has 0 radical (unpaired) electrons. The number of piperazine rings is 1. The SMILES string of the molecule is Cc1cccc(N2CCN(C(=O)NC3CCN(c4ccccn4)C3)CC2)c1. The standard InChI is InChI=1S/C21H27N5O/c1-17-5-4-6-19(15-17)24-11-13-25(14-12-24)21(27)23-18-8-10-26(16-18)20-7-2-3-9-22-20/h2-7,9,15,18H,8,10-14,16H2,1H3,(H,23,27). The monoisotopic (exact) mass is 365 g/mol. The third kappa shape index (κ3) is 4.15. The fourth-order valence-corrected chi connectivity index (χ4v) is 3.89. The Balaban J connectivity index is 1.26. The zero-order valence-electron chi connectivity index (χ0n) is 15.8. The van der Waals surface area contributed by atoms with Crippen molar-refractivity contribution in [3.63, 3.8) is 0 Å². The topological polar surface area (TPSA) is 51.7 Å². The van der Waals surface area contributed by atoms with E-state index in [2.05, 4.69) is 51.3 Å². The third-order valence-corrected chi connectivity index (χ3v) is 5.42. The molecule has 1 atom stereocenters. The Hall–Kier alpha value is -2.76. The first-order valence-electron chi connectivity index (χ1n) is 9.72. The number of urea groups is 1. The highest BCUT2D eigenvalue weighted by Crippen LogP contribution is 2.19. The van der Waals surface area contributed by atoms with Crippen LogP contribution in [0.1, 0.15) is 12.0 Å². The van der Waals surface area contributed by atoms with Crippen LogP contribution in [0.2, 0.25) is 0 Å². The summed E-state index contributed by atoms with van der Waals surface area (Å²) in [6, 6.07) is 14.8. The van der Waals surface area contributed by atoms with Crippen molar-refractivity contribution in [2.24, 2.45) is 0 Å². The Morgan fingerprint density at radius 1 is 1.04 bits per heavy atom. The van der Waals surface area contributed by atoms with Gasteiger partial charge in [-0.3, -0.25) is 0 Å². The van der Waals surface area contributed by atoms with Gasteiger partial charge in [-0.15, -0.1) is 0 Å². The maximum atomic E-state index is 12.7. The first-order chi connectivity index (χ1) is 13.2. The number of anilines is 2.